The molecule has 2 aromatic rings. The monoisotopic (exact) mass is 273 g/mol. The highest BCUT2D eigenvalue weighted by Crippen LogP contribution is 2.48. The number of anilines is 1. The summed E-state index contributed by atoms with van der Waals surface area (Å²) in [4.78, 5) is 16.0. The van der Waals surface area contributed by atoms with Crippen molar-refractivity contribution in [2.24, 2.45) is 17.8 Å². The fraction of sp³-hybridized carbons (Fsp3) is 0.643. The number of aromatic amines is 1. The lowest BCUT2D eigenvalue weighted by Crippen LogP contribution is -2.21. The van der Waals surface area contributed by atoms with E-state index in [0.29, 0.717) is 11.5 Å². The molecular weight excluding hydrogens is 254 g/mol. The second-order valence-electron chi connectivity index (χ2n) is 6.23. The molecule has 0 amide bonds. The number of rotatable bonds is 3. The molecule has 20 heavy (non-hydrogen) atoms. The van der Waals surface area contributed by atoms with Crippen molar-refractivity contribution in [1.82, 2.24) is 19.6 Å². The average molecular weight is 273 g/mol. The number of nitrogens with one attached hydrogen (secondary N) is 2. The van der Waals surface area contributed by atoms with Gasteiger partial charge in [0.15, 0.2) is 5.65 Å². The Hall–Kier alpha value is -1.85. The SMILES string of the molecule is Cc1nc(NCC2CC3CCC2C3)cc2n[nH]c(=O)n12. The van der Waals surface area contributed by atoms with Crippen molar-refractivity contribution >= 4 is 11.5 Å². The maximum absolute atomic E-state index is 11.5. The number of aromatic nitrogens is 4. The lowest BCUT2D eigenvalue weighted by atomic mass is 9.89. The molecule has 3 atom stereocenters. The van der Waals surface area contributed by atoms with Gasteiger partial charge in [0.2, 0.25) is 0 Å². The van der Waals surface area contributed by atoms with Crippen molar-refractivity contribution < 1.29 is 0 Å². The summed E-state index contributed by atoms with van der Waals surface area (Å²) >= 11 is 0. The van der Waals surface area contributed by atoms with Crippen LogP contribution in [-0.2, 0) is 0 Å². The van der Waals surface area contributed by atoms with Crippen molar-refractivity contribution in [3.63, 3.8) is 0 Å². The molecule has 2 N–H and O–H groups in total. The van der Waals surface area contributed by atoms with E-state index in [1.165, 1.54) is 30.1 Å². The van der Waals surface area contributed by atoms with E-state index in [4.69, 9.17) is 0 Å². The van der Waals surface area contributed by atoms with Crippen LogP contribution in [0.4, 0.5) is 5.82 Å². The summed E-state index contributed by atoms with van der Waals surface area (Å²) in [6, 6.07) is 1.83. The first-order chi connectivity index (χ1) is 9.70. The molecule has 2 saturated carbocycles. The zero-order chi connectivity index (χ0) is 13.7. The summed E-state index contributed by atoms with van der Waals surface area (Å²) in [5, 5.41) is 9.89. The maximum Gasteiger partial charge on any atom is 0.349 e. The van der Waals surface area contributed by atoms with Gasteiger partial charge in [0.1, 0.15) is 11.6 Å². The molecule has 0 radical (unpaired) electrons. The predicted molar refractivity (Wildman–Crippen MR) is 75.8 cm³/mol. The number of H-pyrrole nitrogens is 1. The molecule has 3 unspecified atom stereocenters. The molecule has 0 saturated heterocycles. The zero-order valence-corrected chi connectivity index (χ0v) is 11.6. The summed E-state index contributed by atoms with van der Waals surface area (Å²) in [5.74, 6) is 4.14. The van der Waals surface area contributed by atoms with Gasteiger partial charge >= 0.3 is 5.69 Å². The predicted octanol–water partition coefficient (Wildman–Crippen LogP) is 1.57. The molecular formula is C14H19N5O. The Kier molecular flexibility index (Phi) is 2.58. The van der Waals surface area contributed by atoms with Crippen LogP contribution in [0.5, 0.6) is 0 Å². The van der Waals surface area contributed by atoms with Crippen molar-refractivity contribution in [3.8, 4) is 0 Å². The molecule has 2 fully saturated rings. The Labute approximate surface area is 116 Å². The lowest BCUT2D eigenvalue weighted by molar-refractivity contribution is 0.348. The minimum atomic E-state index is -0.232. The van der Waals surface area contributed by atoms with E-state index in [9.17, 15) is 4.79 Å². The first kappa shape index (κ1) is 11.9. The van der Waals surface area contributed by atoms with Gasteiger partial charge in [0, 0.05) is 12.6 Å². The van der Waals surface area contributed by atoms with E-state index in [-0.39, 0.29) is 5.69 Å². The van der Waals surface area contributed by atoms with E-state index in [1.54, 1.807) is 0 Å². The highest BCUT2D eigenvalue weighted by atomic mass is 16.1. The summed E-state index contributed by atoms with van der Waals surface area (Å²) in [6.07, 6.45) is 5.62. The van der Waals surface area contributed by atoms with Gasteiger partial charge in [-0.3, -0.25) is 0 Å². The highest BCUT2D eigenvalue weighted by molar-refractivity contribution is 5.49. The fourth-order valence-corrected chi connectivity index (χ4v) is 4.05. The Balaban J connectivity index is 1.53. The van der Waals surface area contributed by atoms with E-state index in [2.05, 4.69) is 20.5 Å². The Morgan fingerprint density at radius 2 is 2.35 bits per heavy atom. The van der Waals surface area contributed by atoms with Crippen LogP contribution in [0.1, 0.15) is 31.5 Å². The Bertz CT molecular complexity index is 703. The molecule has 2 aliphatic carbocycles. The lowest BCUT2D eigenvalue weighted by Gasteiger charge is -2.22. The third kappa shape index (κ3) is 1.82. The van der Waals surface area contributed by atoms with Crippen LogP contribution in [0, 0.1) is 24.7 Å². The largest absolute Gasteiger partial charge is 0.370 e. The molecule has 106 valence electrons. The van der Waals surface area contributed by atoms with E-state index >= 15 is 0 Å². The number of hydrogen-bond acceptors (Lipinski definition) is 4. The number of nitrogens with zero attached hydrogens (tertiary/aromatic N) is 3. The van der Waals surface area contributed by atoms with Crippen LogP contribution in [0.25, 0.3) is 5.65 Å². The summed E-state index contributed by atoms with van der Waals surface area (Å²) in [6.45, 7) is 2.81. The van der Waals surface area contributed by atoms with Crippen molar-refractivity contribution in [2.45, 2.75) is 32.6 Å². The topological polar surface area (TPSA) is 75.1 Å². The Morgan fingerprint density at radius 1 is 1.45 bits per heavy atom. The van der Waals surface area contributed by atoms with Gasteiger partial charge in [-0.1, -0.05) is 6.42 Å². The van der Waals surface area contributed by atoms with Crippen LogP contribution in [0.15, 0.2) is 10.9 Å². The van der Waals surface area contributed by atoms with Crippen LogP contribution in [-0.4, -0.2) is 26.1 Å². The van der Waals surface area contributed by atoms with E-state index < -0.39 is 0 Å². The van der Waals surface area contributed by atoms with Gasteiger partial charge in [-0.2, -0.15) is 5.10 Å². The normalized spacial score (nSPS) is 28.4. The maximum atomic E-state index is 11.5. The summed E-state index contributed by atoms with van der Waals surface area (Å²) in [5.41, 5.74) is 0.391. The molecule has 2 bridgehead atoms. The van der Waals surface area contributed by atoms with Gasteiger partial charge in [0.25, 0.3) is 0 Å². The Morgan fingerprint density at radius 3 is 3.10 bits per heavy atom. The molecule has 6 nitrogen and oxygen atoms in total. The first-order valence-electron chi connectivity index (χ1n) is 7.39. The molecule has 0 spiro atoms. The van der Waals surface area contributed by atoms with Crippen LogP contribution >= 0.6 is 0 Å². The molecule has 4 rings (SSSR count). The van der Waals surface area contributed by atoms with Crippen LogP contribution in [0.2, 0.25) is 0 Å². The minimum Gasteiger partial charge on any atom is -0.370 e. The number of aryl methyl sites for hydroxylation is 1. The second kappa shape index (κ2) is 4.33. The van der Waals surface area contributed by atoms with Gasteiger partial charge in [-0.15, -0.1) is 0 Å². The summed E-state index contributed by atoms with van der Waals surface area (Å²) < 4.78 is 1.49. The van der Waals surface area contributed by atoms with Gasteiger partial charge in [-0.25, -0.2) is 19.3 Å². The minimum absolute atomic E-state index is 0.232. The quantitative estimate of drug-likeness (QED) is 0.890. The molecule has 2 heterocycles. The molecule has 0 aliphatic heterocycles. The molecule has 2 aromatic heterocycles. The first-order valence-corrected chi connectivity index (χ1v) is 7.39. The van der Waals surface area contributed by atoms with Gasteiger partial charge in [0.05, 0.1) is 0 Å². The van der Waals surface area contributed by atoms with Crippen molar-refractivity contribution in [3.05, 3.63) is 22.4 Å². The van der Waals surface area contributed by atoms with Gasteiger partial charge in [-0.05, 0) is 43.9 Å². The third-order valence-electron chi connectivity index (χ3n) is 5.00. The molecule has 0 aromatic carbocycles. The summed E-state index contributed by atoms with van der Waals surface area (Å²) in [7, 11) is 0. The molecule has 6 heteroatoms. The standard InChI is InChI=1S/C14H19N5O/c1-8-16-12(6-13-17-18-14(20)19(8)13)15-7-11-5-9-2-3-10(11)4-9/h6,9-11,15H,2-5,7H2,1H3,(H,18,20). The van der Waals surface area contributed by atoms with Gasteiger partial charge < -0.3 is 5.32 Å². The third-order valence-corrected chi connectivity index (χ3v) is 5.00. The second-order valence-corrected chi connectivity index (χ2v) is 6.23. The number of fused-ring (bicyclic) bond motifs is 3. The van der Waals surface area contributed by atoms with E-state index in [0.717, 1.165) is 30.1 Å². The van der Waals surface area contributed by atoms with Crippen LogP contribution in [0.3, 0.4) is 0 Å². The van der Waals surface area contributed by atoms with Crippen molar-refractivity contribution in [1.29, 1.82) is 0 Å². The van der Waals surface area contributed by atoms with Crippen molar-refractivity contribution in [2.75, 3.05) is 11.9 Å². The van der Waals surface area contributed by atoms with E-state index in [1.807, 2.05) is 13.0 Å². The van der Waals surface area contributed by atoms with Crippen LogP contribution < -0.4 is 11.0 Å². The zero-order valence-electron chi connectivity index (χ0n) is 11.6. The fourth-order valence-electron chi connectivity index (χ4n) is 4.05. The highest BCUT2D eigenvalue weighted by Gasteiger charge is 2.39. The number of hydrogen-bond donors (Lipinski definition) is 2. The molecule has 2 aliphatic rings. The smallest absolute Gasteiger partial charge is 0.349 e. The average Bonchev–Trinajstić information content (AvgIpc) is 3.12.